The third-order valence-corrected chi connectivity index (χ3v) is 5.70. The zero-order chi connectivity index (χ0) is 15.3. The lowest BCUT2D eigenvalue weighted by atomic mass is 9.62. The van der Waals surface area contributed by atoms with E-state index in [2.05, 4.69) is 31.5 Å². The molecular weight excluding hydrogens is 344 g/mol. The van der Waals surface area contributed by atoms with E-state index in [4.69, 9.17) is 0 Å². The summed E-state index contributed by atoms with van der Waals surface area (Å²) in [5.41, 5.74) is 1.02. The molecule has 116 valence electrons. The van der Waals surface area contributed by atoms with Gasteiger partial charge < -0.3 is 15.0 Å². The van der Waals surface area contributed by atoms with E-state index in [-0.39, 0.29) is 17.9 Å². The van der Waals surface area contributed by atoms with Crippen molar-refractivity contribution in [1.82, 2.24) is 20.0 Å². The third kappa shape index (κ3) is 2.16. The summed E-state index contributed by atoms with van der Waals surface area (Å²) in [6.45, 7) is 3.95. The van der Waals surface area contributed by atoms with Crippen molar-refractivity contribution in [2.75, 3.05) is 13.1 Å². The molecule has 0 radical (unpaired) electrons. The van der Waals surface area contributed by atoms with Crippen molar-refractivity contribution < 1.29 is 4.79 Å². The Morgan fingerprint density at radius 3 is 3.00 bits per heavy atom. The average molecular weight is 363 g/mol. The number of fused-ring (bicyclic) bond motifs is 3. The second-order valence-electron chi connectivity index (χ2n) is 6.40. The van der Waals surface area contributed by atoms with Crippen molar-refractivity contribution in [3.8, 4) is 0 Å². The Hall–Kier alpha value is -1.40. The summed E-state index contributed by atoms with van der Waals surface area (Å²) in [6, 6.07) is 3.87. The van der Waals surface area contributed by atoms with Crippen molar-refractivity contribution >= 4 is 27.4 Å². The van der Waals surface area contributed by atoms with Gasteiger partial charge in [0.2, 0.25) is 5.91 Å². The van der Waals surface area contributed by atoms with Crippen LogP contribution in [0.5, 0.6) is 0 Å². The summed E-state index contributed by atoms with van der Waals surface area (Å²) in [5, 5.41) is 6.54. The molecule has 2 N–H and O–H groups in total. The summed E-state index contributed by atoms with van der Waals surface area (Å²) in [7, 11) is 0. The molecule has 2 aromatic rings. The predicted molar refractivity (Wildman–Crippen MR) is 87.4 cm³/mol. The fraction of sp³-hybridized carbons (Fsp3) is 0.500. The van der Waals surface area contributed by atoms with E-state index in [1.807, 2.05) is 35.9 Å². The molecular formula is C16H19BrN4O. The van der Waals surface area contributed by atoms with Crippen LogP contribution < -0.4 is 10.6 Å². The number of amides is 1. The molecule has 4 rings (SSSR count). The van der Waals surface area contributed by atoms with Gasteiger partial charge in [-0.15, -0.1) is 0 Å². The Labute approximate surface area is 137 Å². The third-order valence-electron chi connectivity index (χ3n) is 5.03. The number of halogens is 1. The molecule has 4 atom stereocenters. The van der Waals surface area contributed by atoms with Crippen LogP contribution >= 0.6 is 15.9 Å². The summed E-state index contributed by atoms with van der Waals surface area (Å²) < 4.78 is 3.03. The molecule has 0 aromatic carbocycles. The fourth-order valence-corrected chi connectivity index (χ4v) is 4.32. The van der Waals surface area contributed by atoms with Crippen LogP contribution in [-0.2, 0) is 4.79 Å². The summed E-state index contributed by atoms with van der Waals surface area (Å²) >= 11 is 3.53. The molecule has 1 aliphatic heterocycles. The van der Waals surface area contributed by atoms with Crippen molar-refractivity contribution in [2.45, 2.75) is 19.4 Å². The Balaban J connectivity index is 1.53. The quantitative estimate of drug-likeness (QED) is 0.879. The van der Waals surface area contributed by atoms with Gasteiger partial charge in [0, 0.05) is 16.6 Å². The molecule has 5 nitrogen and oxygen atoms in total. The lowest BCUT2D eigenvalue weighted by molar-refractivity contribution is -0.137. The van der Waals surface area contributed by atoms with Crippen molar-refractivity contribution in [1.29, 1.82) is 0 Å². The van der Waals surface area contributed by atoms with Crippen molar-refractivity contribution in [3.05, 3.63) is 34.8 Å². The molecule has 2 fully saturated rings. The van der Waals surface area contributed by atoms with Crippen LogP contribution in [-0.4, -0.2) is 28.4 Å². The number of imidazole rings is 1. The van der Waals surface area contributed by atoms with Crippen LogP contribution in [0.1, 0.15) is 25.2 Å². The van der Waals surface area contributed by atoms with Gasteiger partial charge >= 0.3 is 0 Å². The van der Waals surface area contributed by atoms with Gasteiger partial charge in [0.15, 0.2) is 0 Å². The highest BCUT2D eigenvalue weighted by Gasteiger charge is 2.47. The molecule has 1 saturated carbocycles. The van der Waals surface area contributed by atoms with Gasteiger partial charge in [-0.1, -0.05) is 0 Å². The minimum Gasteiger partial charge on any atom is -0.346 e. The lowest BCUT2D eigenvalue weighted by Gasteiger charge is -2.48. The largest absolute Gasteiger partial charge is 0.346 e. The smallest absolute Gasteiger partial charge is 0.224 e. The minimum atomic E-state index is -0.0985. The first-order valence-corrected chi connectivity index (χ1v) is 8.57. The molecule has 22 heavy (non-hydrogen) atoms. The lowest BCUT2D eigenvalue weighted by Crippen LogP contribution is -2.58. The van der Waals surface area contributed by atoms with E-state index in [1.54, 1.807) is 0 Å². The van der Waals surface area contributed by atoms with Gasteiger partial charge in [-0.2, -0.15) is 0 Å². The van der Waals surface area contributed by atoms with Crippen molar-refractivity contribution in [2.24, 2.45) is 17.8 Å². The topological polar surface area (TPSA) is 58.4 Å². The summed E-state index contributed by atoms with van der Waals surface area (Å²) in [4.78, 5) is 17.1. The van der Waals surface area contributed by atoms with E-state index in [9.17, 15) is 4.79 Å². The standard InChI is InChI=1S/C16H19BrN4O/c1-9(15-19-8-13-12(17)3-2-4-21(13)15)20-16(22)14-10-5-11(14)7-18-6-10/h2-4,8-11,14,18H,5-7H2,1H3,(H,20,22)/t9-,10-,11+,14?/m0/s1. The molecule has 2 bridgehead atoms. The predicted octanol–water partition coefficient (Wildman–Crippen LogP) is 2.13. The molecule has 1 aliphatic carbocycles. The maximum Gasteiger partial charge on any atom is 0.224 e. The van der Waals surface area contributed by atoms with Crippen LogP contribution in [0.15, 0.2) is 29.0 Å². The molecule has 0 spiro atoms. The molecule has 2 aliphatic rings. The minimum absolute atomic E-state index is 0.0985. The van der Waals surface area contributed by atoms with Gasteiger partial charge in [-0.05, 0) is 66.3 Å². The zero-order valence-electron chi connectivity index (χ0n) is 12.4. The molecule has 1 unspecified atom stereocenters. The molecule has 1 amide bonds. The Kier molecular flexibility index (Phi) is 3.46. The van der Waals surface area contributed by atoms with Crippen LogP contribution in [0.2, 0.25) is 0 Å². The van der Waals surface area contributed by atoms with Crippen LogP contribution in [0.3, 0.4) is 0 Å². The van der Waals surface area contributed by atoms with Gasteiger partial charge in [0.25, 0.3) is 0 Å². The Morgan fingerprint density at radius 2 is 2.27 bits per heavy atom. The number of nitrogens with one attached hydrogen (secondary N) is 2. The zero-order valence-corrected chi connectivity index (χ0v) is 14.0. The Morgan fingerprint density at radius 1 is 1.50 bits per heavy atom. The van der Waals surface area contributed by atoms with Crippen LogP contribution in [0.25, 0.3) is 5.52 Å². The maximum absolute atomic E-state index is 12.6. The first-order chi connectivity index (χ1) is 10.6. The van der Waals surface area contributed by atoms with Gasteiger partial charge in [-0.3, -0.25) is 4.79 Å². The number of rotatable bonds is 3. The SMILES string of the molecule is C[C@H](NC(=O)C1[C@@H]2CNC[C@H]1C2)c1ncc2c(Br)cccn12. The van der Waals surface area contributed by atoms with E-state index < -0.39 is 0 Å². The highest BCUT2D eigenvalue weighted by Crippen LogP contribution is 2.42. The number of hydrogen-bond acceptors (Lipinski definition) is 3. The number of hydrogen-bond donors (Lipinski definition) is 2. The highest BCUT2D eigenvalue weighted by atomic mass is 79.9. The monoisotopic (exact) mass is 362 g/mol. The summed E-state index contributed by atoms with van der Waals surface area (Å²) in [5.74, 6) is 2.25. The van der Waals surface area contributed by atoms with Crippen molar-refractivity contribution in [3.63, 3.8) is 0 Å². The second-order valence-corrected chi connectivity index (χ2v) is 7.25. The highest BCUT2D eigenvalue weighted by molar-refractivity contribution is 9.10. The van der Waals surface area contributed by atoms with E-state index >= 15 is 0 Å². The maximum atomic E-state index is 12.6. The first kappa shape index (κ1) is 14.2. The summed E-state index contributed by atoms with van der Waals surface area (Å²) in [6.07, 6.45) is 5.01. The second kappa shape index (κ2) is 5.35. The van der Waals surface area contributed by atoms with Gasteiger partial charge in [0.1, 0.15) is 5.82 Å². The van der Waals surface area contributed by atoms with E-state index in [0.29, 0.717) is 11.8 Å². The number of carbonyl (C=O) groups excluding carboxylic acids is 1. The number of aromatic nitrogens is 2. The van der Waals surface area contributed by atoms with Gasteiger partial charge in [0.05, 0.1) is 17.8 Å². The molecule has 3 heterocycles. The van der Waals surface area contributed by atoms with Crippen LogP contribution in [0, 0.1) is 17.8 Å². The van der Waals surface area contributed by atoms with E-state index in [0.717, 1.165) is 28.9 Å². The average Bonchev–Trinajstić information content (AvgIpc) is 2.93. The Bertz CT molecular complexity index is 714. The first-order valence-electron chi connectivity index (χ1n) is 7.77. The molecule has 1 saturated heterocycles. The number of piperidine rings is 2. The number of nitrogens with zero attached hydrogens (tertiary/aromatic N) is 2. The number of carbonyl (C=O) groups is 1. The molecule has 6 heteroatoms. The van der Waals surface area contributed by atoms with Gasteiger partial charge in [-0.25, -0.2) is 4.98 Å². The van der Waals surface area contributed by atoms with E-state index in [1.165, 1.54) is 6.42 Å². The normalized spacial score (nSPS) is 28.2. The van der Waals surface area contributed by atoms with Crippen LogP contribution in [0.4, 0.5) is 0 Å². The number of pyridine rings is 1. The fourth-order valence-electron chi connectivity index (χ4n) is 3.88. The molecule has 2 aromatic heterocycles.